The summed E-state index contributed by atoms with van der Waals surface area (Å²) in [6, 6.07) is 7.61. The molecule has 3 aromatic rings. The van der Waals surface area contributed by atoms with Gasteiger partial charge in [0.05, 0.1) is 17.2 Å². The van der Waals surface area contributed by atoms with Gasteiger partial charge >= 0.3 is 0 Å². The fraction of sp³-hybridized carbons (Fsp3) is 0.111. The Morgan fingerprint density at radius 2 is 1.93 bits per heavy atom. The van der Waals surface area contributed by atoms with Crippen LogP contribution in [-0.2, 0) is 16.7 Å². The molecule has 0 bridgehead atoms. The van der Waals surface area contributed by atoms with Crippen LogP contribution in [0.15, 0.2) is 39.8 Å². The first-order valence-electron chi connectivity index (χ1n) is 7.75. The van der Waals surface area contributed by atoms with Crippen LogP contribution in [0.1, 0.15) is 16.9 Å². The molecule has 0 saturated carbocycles. The zero-order valence-electron chi connectivity index (χ0n) is 14.3. The van der Waals surface area contributed by atoms with Crippen LogP contribution < -0.4 is 5.14 Å². The SMILES string of the molecule is Cc1ccc(-c2noc(CF)c2-c2cc(F)c(S(N)(=O)=O)cc2F)cc1C#N. The van der Waals surface area contributed by atoms with E-state index in [1.807, 2.05) is 6.07 Å². The van der Waals surface area contributed by atoms with Gasteiger partial charge in [-0.3, -0.25) is 0 Å². The van der Waals surface area contributed by atoms with Crippen LogP contribution in [0.3, 0.4) is 0 Å². The summed E-state index contributed by atoms with van der Waals surface area (Å²) in [6.45, 7) is 0.539. The van der Waals surface area contributed by atoms with Gasteiger partial charge in [0, 0.05) is 11.1 Å². The number of primary sulfonamides is 1. The van der Waals surface area contributed by atoms with Gasteiger partial charge in [0.1, 0.15) is 22.2 Å². The summed E-state index contributed by atoms with van der Waals surface area (Å²) in [6.07, 6.45) is 0. The van der Waals surface area contributed by atoms with Gasteiger partial charge in [-0.25, -0.2) is 26.7 Å². The van der Waals surface area contributed by atoms with E-state index in [9.17, 15) is 26.9 Å². The molecule has 0 amide bonds. The molecule has 0 aliphatic carbocycles. The number of alkyl halides is 1. The molecule has 1 heterocycles. The van der Waals surface area contributed by atoms with Crippen LogP contribution in [0, 0.1) is 29.9 Å². The minimum absolute atomic E-state index is 0.0224. The molecule has 0 unspecified atom stereocenters. The average Bonchev–Trinajstić information content (AvgIpc) is 3.06. The number of aryl methyl sites for hydroxylation is 1. The van der Waals surface area contributed by atoms with Crippen molar-refractivity contribution in [1.29, 1.82) is 5.26 Å². The Labute approximate surface area is 158 Å². The van der Waals surface area contributed by atoms with Crippen molar-refractivity contribution >= 4 is 10.0 Å². The van der Waals surface area contributed by atoms with Crippen molar-refractivity contribution in [2.24, 2.45) is 5.14 Å². The zero-order valence-corrected chi connectivity index (χ0v) is 15.1. The third-order valence-corrected chi connectivity index (χ3v) is 5.04. The maximum absolute atomic E-state index is 14.6. The van der Waals surface area contributed by atoms with Crippen LogP contribution in [0.4, 0.5) is 13.2 Å². The number of hydrogen-bond donors (Lipinski definition) is 1. The van der Waals surface area contributed by atoms with Gasteiger partial charge in [0.15, 0.2) is 12.4 Å². The van der Waals surface area contributed by atoms with E-state index in [-0.39, 0.29) is 17.0 Å². The first-order chi connectivity index (χ1) is 13.2. The maximum Gasteiger partial charge on any atom is 0.241 e. The highest BCUT2D eigenvalue weighted by Crippen LogP contribution is 2.38. The second-order valence-electron chi connectivity index (χ2n) is 5.91. The number of aromatic nitrogens is 1. The molecule has 144 valence electrons. The predicted molar refractivity (Wildman–Crippen MR) is 92.9 cm³/mol. The van der Waals surface area contributed by atoms with Crippen molar-refractivity contribution < 1.29 is 26.1 Å². The highest BCUT2D eigenvalue weighted by Gasteiger charge is 2.26. The van der Waals surface area contributed by atoms with Crippen LogP contribution in [-0.4, -0.2) is 13.6 Å². The number of rotatable bonds is 4. The summed E-state index contributed by atoms with van der Waals surface area (Å²) < 4.78 is 69.9. The second-order valence-corrected chi connectivity index (χ2v) is 7.44. The van der Waals surface area contributed by atoms with E-state index in [1.54, 1.807) is 19.1 Å². The summed E-state index contributed by atoms with van der Waals surface area (Å²) in [5, 5.41) is 17.8. The summed E-state index contributed by atoms with van der Waals surface area (Å²) in [4.78, 5) is -1.03. The Morgan fingerprint density at radius 3 is 2.54 bits per heavy atom. The Bertz CT molecular complexity index is 1230. The lowest BCUT2D eigenvalue weighted by molar-refractivity contribution is 0.332. The summed E-state index contributed by atoms with van der Waals surface area (Å²) in [7, 11) is -4.50. The topological polar surface area (TPSA) is 110 Å². The molecule has 6 nitrogen and oxygen atoms in total. The van der Waals surface area contributed by atoms with Crippen molar-refractivity contribution in [3.63, 3.8) is 0 Å². The Morgan fingerprint density at radius 1 is 1.21 bits per heavy atom. The Hall–Kier alpha value is -3.16. The van der Waals surface area contributed by atoms with Crippen molar-refractivity contribution in [3.05, 3.63) is 58.9 Å². The molecule has 10 heteroatoms. The first kappa shape index (κ1) is 19.6. The van der Waals surface area contributed by atoms with Crippen molar-refractivity contribution in [2.75, 3.05) is 0 Å². The van der Waals surface area contributed by atoms with Gasteiger partial charge in [-0.2, -0.15) is 5.26 Å². The van der Waals surface area contributed by atoms with Crippen LogP contribution in [0.2, 0.25) is 0 Å². The van der Waals surface area contributed by atoms with Gasteiger partial charge in [0.25, 0.3) is 0 Å². The number of hydrogen-bond acceptors (Lipinski definition) is 5. The number of benzene rings is 2. The lowest BCUT2D eigenvalue weighted by Crippen LogP contribution is -2.14. The molecule has 0 spiro atoms. The zero-order chi connectivity index (χ0) is 20.6. The van der Waals surface area contributed by atoms with Crippen molar-refractivity contribution in [3.8, 4) is 28.5 Å². The number of sulfonamides is 1. The van der Waals surface area contributed by atoms with Gasteiger partial charge in [-0.15, -0.1) is 0 Å². The molecule has 0 saturated heterocycles. The highest BCUT2D eigenvalue weighted by atomic mass is 32.2. The predicted octanol–water partition coefficient (Wildman–Crippen LogP) is 3.58. The molecule has 2 N–H and O–H groups in total. The first-order valence-corrected chi connectivity index (χ1v) is 9.29. The van der Waals surface area contributed by atoms with Crippen LogP contribution in [0.5, 0.6) is 0 Å². The summed E-state index contributed by atoms with van der Waals surface area (Å²) in [5.41, 5.74) is 0.642. The molecule has 0 fully saturated rings. The van der Waals surface area contributed by atoms with E-state index in [0.717, 1.165) is 0 Å². The molecule has 0 aliphatic heterocycles. The fourth-order valence-corrected chi connectivity index (χ4v) is 3.32. The lowest BCUT2D eigenvalue weighted by atomic mass is 9.96. The van der Waals surface area contributed by atoms with Crippen molar-refractivity contribution in [2.45, 2.75) is 18.5 Å². The van der Waals surface area contributed by atoms with E-state index < -0.39 is 38.8 Å². The van der Waals surface area contributed by atoms with Crippen LogP contribution >= 0.6 is 0 Å². The van der Waals surface area contributed by atoms with Crippen LogP contribution in [0.25, 0.3) is 22.4 Å². The highest BCUT2D eigenvalue weighted by molar-refractivity contribution is 7.89. The summed E-state index contributed by atoms with van der Waals surface area (Å²) in [5.74, 6) is -2.84. The normalized spacial score (nSPS) is 11.4. The minimum atomic E-state index is -4.50. The van der Waals surface area contributed by atoms with E-state index in [4.69, 9.17) is 9.66 Å². The third-order valence-electron chi connectivity index (χ3n) is 4.11. The van der Waals surface area contributed by atoms with Gasteiger partial charge in [0.2, 0.25) is 10.0 Å². The Kier molecular flexibility index (Phi) is 4.97. The second kappa shape index (κ2) is 7.10. The monoisotopic (exact) mass is 407 g/mol. The number of nitriles is 1. The quantitative estimate of drug-likeness (QED) is 0.711. The molecule has 0 radical (unpaired) electrons. The molecular weight excluding hydrogens is 395 g/mol. The van der Waals surface area contributed by atoms with E-state index >= 15 is 0 Å². The number of nitrogens with two attached hydrogens (primary N) is 1. The standard InChI is InChI=1S/C18H12F3N3O3S/c1-9-2-3-10(4-11(9)8-22)18-17(15(7-19)27-24-18)12-5-14(21)16(6-13(12)20)28(23,25)26/h2-6H,7H2,1H3,(H2,23,25,26). The maximum atomic E-state index is 14.6. The molecule has 28 heavy (non-hydrogen) atoms. The van der Waals surface area contributed by atoms with Gasteiger partial charge in [-0.05, 0) is 30.7 Å². The fourth-order valence-electron chi connectivity index (χ4n) is 2.72. The molecule has 0 aliphatic rings. The van der Waals surface area contributed by atoms with Gasteiger partial charge < -0.3 is 4.52 Å². The summed E-state index contributed by atoms with van der Waals surface area (Å²) >= 11 is 0. The molecule has 1 aromatic heterocycles. The number of halogens is 3. The van der Waals surface area contributed by atoms with Crippen molar-refractivity contribution in [1.82, 2.24) is 5.16 Å². The lowest BCUT2D eigenvalue weighted by Gasteiger charge is -2.09. The van der Waals surface area contributed by atoms with E-state index in [1.165, 1.54) is 6.07 Å². The van der Waals surface area contributed by atoms with E-state index in [0.29, 0.717) is 28.8 Å². The molecular formula is C18H12F3N3O3S. The van der Waals surface area contributed by atoms with Gasteiger partial charge in [-0.1, -0.05) is 17.3 Å². The molecule has 0 atom stereocenters. The Balaban J connectivity index is 2.29. The van der Waals surface area contributed by atoms with E-state index in [2.05, 4.69) is 5.16 Å². The molecule has 2 aromatic carbocycles. The molecule has 3 rings (SSSR count). The smallest absolute Gasteiger partial charge is 0.241 e. The minimum Gasteiger partial charge on any atom is -0.357 e. The largest absolute Gasteiger partial charge is 0.357 e. The average molecular weight is 407 g/mol. The number of nitrogens with zero attached hydrogens (tertiary/aromatic N) is 2. The third kappa shape index (κ3) is 3.37.